The number of ether oxygens (including phenoxy) is 1. The molecule has 1 heterocycles. The Hall–Kier alpha value is -2.47. The summed E-state index contributed by atoms with van der Waals surface area (Å²) in [5, 5.41) is 4.68. The summed E-state index contributed by atoms with van der Waals surface area (Å²) in [6.07, 6.45) is 3.72. The topological polar surface area (TPSA) is 148 Å². The third-order valence-electron chi connectivity index (χ3n) is 4.59. The number of hydrogen-bond donors (Lipinski definition) is 3. The molecule has 11 nitrogen and oxygen atoms in total. The molecule has 0 saturated heterocycles. The Kier molecular flexibility index (Phi) is 7.73. The lowest BCUT2D eigenvalue weighted by Crippen LogP contribution is -2.47. The maximum Gasteiger partial charge on any atom is 0.321 e. The Morgan fingerprint density at radius 1 is 1.31 bits per heavy atom. The number of aromatic nitrogens is 2. The molecule has 2 rings (SSSR count). The second kappa shape index (κ2) is 9.83. The molecule has 1 atom stereocenters. The number of amides is 3. The van der Waals surface area contributed by atoms with Gasteiger partial charge in [0.05, 0.1) is 6.42 Å². The van der Waals surface area contributed by atoms with Crippen molar-refractivity contribution in [3.05, 3.63) is 12.0 Å². The van der Waals surface area contributed by atoms with E-state index in [1.807, 2.05) is 0 Å². The fourth-order valence-corrected chi connectivity index (χ4v) is 3.90. The highest BCUT2D eigenvalue weighted by atomic mass is 32.2. The summed E-state index contributed by atoms with van der Waals surface area (Å²) in [7, 11) is -2.19. The summed E-state index contributed by atoms with van der Waals surface area (Å²) in [6, 6.07) is -0.570. The Morgan fingerprint density at radius 2 is 1.97 bits per heavy atom. The van der Waals surface area contributed by atoms with Crippen LogP contribution in [0.15, 0.2) is 11.2 Å². The van der Waals surface area contributed by atoms with Crippen molar-refractivity contribution in [1.82, 2.24) is 24.9 Å². The average molecular weight is 429 g/mol. The van der Waals surface area contributed by atoms with Crippen LogP contribution in [0.1, 0.15) is 44.9 Å². The zero-order valence-electron chi connectivity index (χ0n) is 16.7. The summed E-state index contributed by atoms with van der Waals surface area (Å²) >= 11 is 0. The van der Waals surface area contributed by atoms with Crippen molar-refractivity contribution in [2.24, 2.45) is 7.05 Å². The summed E-state index contributed by atoms with van der Waals surface area (Å²) < 4.78 is 33.0. The molecular weight excluding hydrogens is 402 g/mol. The quantitative estimate of drug-likeness (QED) is 0.496. The monoisotopic (exact) mass is 429 g/mol. The number of hydrogen-bond acceptors (Lipinski definition) is 7. The van der Waals surface area contributed by atoms with E-state index in [9.17, 15) is 22.8 Å². The number of nitrogens with one attached hydrogen (secondary N) is 3. The van der Waals surface area contributed by atoms with Gasteiger partial charge in [0.15, 0.2) is 11.1 Å². The Bertz CT molecular complexity index is 840. The van der Waals surface area contributed by atoms with Crippen LogP contribution < -0.4 is 15.4 Å². The first-order valence-corrected chi connectivity index (χ1v) is 10.9. The van der Waals surface area contributed by atoms with Gasteiger partial charge in [0.2, 0.25) is 0 Å². The van der Waals surface area contributed by atoms with Gasteiger partial charge in [0.25, 0.3) is 15.9 Å². The molecule has 12 heteroatoms. The van der Waals surface area contributed by atoms with Crippen molar-refractivity contribution in [3.63, 3.8) is 0 Å². The van der Waals surface area contributed by atoms with Gasteiger partial charge in [0.1, 0.15) is 5.82 Å². The molecule has 0 radical (unpaired) electrons. The van der Waals surface area contributed by atoms with E-state index in [2.05, 4.69) is 20.3 Å². The molecule has 0 aromatic carbocycles. The van der Waals surface area contributed by atoms with E-state index in [1.54, 1.807) is 18.5 Å². The van der Waals surface area contributed by atoms with Crippen LogP contribution in [0.2, 0.25) is 0 Å². The first-order chi connectivity index (χ1) is 13.6. The Balaban J connectivity index is 1.72. The van der Waals surface area contributed by atoms with Gasteiger partial charge in [-0.25, -0.2) is 22.9 Å². The SMILES string of the molecule is Cc1nc(S(=O)(=O)NCCC(=O)OC(C)C(=O)NC(=O)NC2CCCC2)cn1C. The minimum atomic E-state index is -3.85. The van der Waals surface area contributed by atoms with Crippen molar-refractivity contribution in [2.75, 3.05) is 6.54 Å². The van der Waals surface area contributed by atoms with Gasteiger partial charge in [-0.15, -0.1) is 0 Å². The molecule has 29 heavy (non-hydrogen) atoms. The van der Waals surface area contributed by atoms with Crippen LogP contribution in [-0.2, 0) is 31.4 Å². The minimum absolute atomic E-state index is 0.0524. The van der Waals surface area contributed by atoms with Gasteiger partial charge in [-0.3, -0.25) is 14.9 Å². The smallest absolute Gasteiger partial charge is 0.321 e. The lowest BCUT2D eigenvalue weighted by atomic mass is 10.2. The maximum absolute atomic E-state index is 12.1. The van der Waals surface area contributed by atoms with Crippen molar-refractivity contribution in [3.8, 4) is 0 Å². The van der Waals surface area contributed by atoms with Crippen LogP contribution in [0.3, 0.4) is 0 Å². The fraction of sp³-hybridized carbons (Fsp3) is 0.647. The number of rotatable bonds is 8. The number of esters is 1. The van der Waals surface area contributed by atoms with Crippen LogP contribution in [0.4, 0.5) is 4.79 Å². The summed E-state index contributed by atoms with van der Waals surface area (Å²) in [6.45, 7) is 2.78. The van der Waals surface area contributed by atoms with Crippen molar-refractivity contribution in [2.45, 2.75) is 63.1 Å². The zero-order chi connectivity index (χ0) is 21.6. The molecule has 0 aliphatic heterocycles. The van der Waals surface area contributed by atoms with E-state index < -0.39 is 34.0 Å². The molecule has 0 spiro atoms. The van der Waals surface area contributed by atoms with E-state index in [0.29, 0.717) is 5.82 Å². The third kappa shape index (κ3) is 6.82. The van der Waals surface area contributed by atoms with E-state index >= 15 is 0 Å². The molecular formula is C17H27N5O6S. The highest BCUT2D eigenvalue weighted by molar-refractivity contribution is 7.89. The van der Waals surface area contributed by atoms with Crippen molar-refractivity contribution < 1.29 is 27.5 Å². The maximum atomic E-state index is 12.1. The average Bonchev–Trinajstić information content (AvgIpc) is 3.25. The summed E-state index contributed by atoms with van der Waals surface area (Å²) in [5.41, 5.74) is 0. The number of aryl methyl sites for hydroxylation is 2. The van der Waals surface area contributed by atoms with Gasteiger partial charge in [-0.2, -0.15) is 0 Å². The van der Waals surface area contributed by atoms with Crippen LogP contribution in [0.25, 0.3) is 0 Å². The van der Waals surface area contributed by atoms with Crippen LogP contribution in [-0.4, -0.2) is 54.6 Å². The van der Waals surface area contributed by atoms with E-state index in [1.165, 1.54) is 13.1 Å². The fourth-order valence-electron chi connectivity index (χ4n) is 2.83. The molecule has 1 unspecified atom stereocenters. The predicted molar refractivity (Wildman–Crippen MR) is 102 cm³/mol. The zero-order valence-corrected chi connectivity index (χ0v) is 17.5. The predicted octanol–water partition coefficient (Wildman–Crippen LogP) is 0.0970. The van der Waals surface area contributed by atoms with Crippen molar-refractivity contribution in [1.29, 1.82) is 0 Å². The van der Waals surface area contributed by atoms with E-state index in [4.69, 9.17) is 4.74 Å². The van der Waals surface area contributed by atoms with Crippen LogP contribution in [0.5, 0.6) is 0 Å². The second-order valence-corrected chi connectivity index (χ2v) is 8.68. The molecule has 0 bridgehead atoms. The molecule has 1 aromatic rings. The summed E-state index contributed by atoms with van der Waals surface area (Å²) in [4.78, 5) is 39.5. The normalized spacial score (nSPS) is 15.7. The van der Waals surface area contributed by atoms with E-state index in [-0.39, 0.29) is 24.0 Å². The van der Waals surface area contributed by atoms with Gasteiger partial charge >= 0.3 is 12.0 Å². The molecule has 1 aliphatic rings. The standard InChI is InChI=1S/C17H27N5O6S/c1-11(16(24)21-17(25)20-13-6-4-5-7-13)28-15(23)8-9-18-29(26,27)14-10-22(3)12(2)19-14/h10-11,13,18H,4-9H2,1-3H3,(H2,20,21,24,25). The number of urea groups is 1. The summed E-state index contributed by atoms with van der Waals surface area (Å²) in [5.74, 6) is -0.997. The van der Waals surface area contributed by atoms with Gasteiger partial charge in [0, 0.05) is 25.8 Å². The minimum Gasteiger partial charge on any atom is -0.452 e. The molecule has 3 N–H and O–H groups in total. The van der Waals surface area contributed by atoms with Crippen LogP contribution in [0, 0.1) is 6.92 Å². The highest BCUT2D eigenvalue weighted by Gasteiger charge is 2.23. The third-order valence-corrected chi connectivity index (χ3v) is 5.92. The number of sulfonamides is 1. The highest BCUT2D eigenvalue weighted by Crippen LogP contribution is 2.17. The van der Waals surface area contributed by atoms with Gasteiger partial charge in [-0.05, 0) is 26.7 Å². The van der Waals surface area contributed by atoms with Gasteiger partial charge < -0.3 is 14.6 Å². The van der Waals surface area contributed by atoms with Crippen molar-refractivity contribution >= 4 is 27.9 Å². The molecule has 1 aromatic heterocycles. The van der Waals surface area contributed by atoms with Crippen LogP contribution >= 0.6 is 0 Å². The van der Waals surface area contributed by atoms with Gasteiger partial charge in [-0.1, -0.05) is 12.8 Å². The number of carbonyl (C=O) groups is 3. The largest absolute Gasteiger partial charge is 0.452 e. The number of carbonyl (C=O) groups excluding carboxylic acids is 3. The first kappa shape index (κ1) is 22.8. The Morgan fingerprint density at radius 3 is 2.55 bits per heavy atom. The first-order valence-electron chi connectivity index (χ1n) is 9.39. The molecule has 1 aliphatic carbocycles. The van der Waals surface area contributed by atoms with E-state index in [0.717, 1.165) is 25.7 Å². The molecule has 1 saturated carbocycles. The molecule has 162 valence electrons. The number of imide groups is 1. The number of nitrogens with zero attached hydrogens (tertiary/aromatic N) is 2. The number of imidazole rings is 1. The lowest BCUT2D eigenvalue weighted by molar-refractivity contribution is -0.154. The molecule has 3 amide bonds. The molecule has 1 fully saturated rings. The Labute approximate surface area is 169 Å². The lowest BCUT2D eigenvalue weighted by Gasteiger charge is -2.15. The second-order valence-electron chi connectivity index (χ2n) is 6.96.